The normalized spacial score (nSPS) is 17.0. The molecule has 0 spiro atoms. The number of allylic oxidation sites excluding steroid dienone is 2. The summed E-state index contributed by atoms with van der Waals surface area (Å²) in [6, 6.07) is 82.5. The number of rotatable bonds is 11. The Bertz CT molecular complexity index is 3640. The van der Waals surface area contributed by atoms with E-state index in [-0.39, 0.29) is 17.9 Å². The van der Waals surface area contributed by atoms with Gasteiger partial charge in [0.2, 0.25) is 0 Å². The maximum atomic E-state index is 9.68. The van der Waals surface area contributed by atoms with Crippen molar-refractivity contribution in [3.8, 4) is 22.9 Å². The molecule has 3 aliphatic rings. The van der Waals surface area contributed by atoms with E-state index >= 15 is 0 Å². The van der Waals surface area contributed by atoms with Gasteiger partial charge in [0.15, 0.2) is 0 Å². The Morgan fingerprint density at radius 3 is 1.89 bits per heavy atom. The molecule has 1 saturated heterocycles. The molecule has 0 saturated carbocycles. The number of hydrogen-bond donors (Lipinski definition) is 1. The molecule has 1 fully saturated rings. The SMILES string of the molecule is N#Cc1ccc(C(Cc2ccc(-c3ccc(N(c4ccc(C5CN5)cc4)c4ccc5c(c4)c4ccccc4n5-c4ccccc4)cc3)cc2)c2ccc3c(c2)C2C=CC=CC2N3c2ccccc2)cc1. The second-order valence-electron chi connectivity index (χ2n) is 18.8. The van der Waals surface area contributed by atoms with Gasteiger partial charge >= 0.3 is 0 Å². The van der Waals surface area contributed by atoms with Gasteiger partial charge in [0, 0.05) is 69.3 Å². The second kappa shape index (κ2) is 17.4. The number of para-hydroxylation sites is 3. The van der Waals surface area contributed by atoms with Gasteiger partial charge in [0.25, 0.3) is 0 Å². The molecular formula is C65H49N5. The third-order valence-electron chi connectivity index (χ3n) is 14.7. The summed E-state index contributed by atoms with van der Waals surface area (Å²) in [5, 5.41) is 15.6. The van der Waals surface area contributed by atoms with E-state index in [4.69, 9.17) is 0 Å². The van der Waals surface area contributed by atoms with Gasteiger partial charge in [-0.1, -0.05) is 152 Å². The number of anilines is 5. The first-order valence-corrected chi connectivity index (χ1v) is 24.4. The first kappa shape index (κ1) is 41.5. The Kier molecular flexibility index (Phi) is 10.3. The van der Waals surface area contributed by atoms with Crippen LogP contribution in [0.3, 0.4) is 0 Å². The predicted molar refractivity (Wildman–Crippen MR) is 288 cm³/mol. The van der Waals surface area contributed by atoms with Gasteiger partial charge < -0.3 is 19.7 Å². The van der Waals surface area contributed by atoms with Gasteiger partial charge in [0.1, 0.15) is 0 Å². The summed E-state index contributed by atoms with van der Waals surface area (Å²) in [4.78, 5) is 4.87. The molecule has 5 heteroatoms. The smallest absolute Gasteiger partial charge is 0.0991 e. The number of nitriles is 1. The lowest BCUT2D eigenvalue weighted by molar-refractivity contribution is 0.742. The van der Waals surface area contributed by atoms with E-state index in [9.17, 15) is 5.26 Å². The summed E-state index contributed by atoms with van der Waals surface area (Å²) in [5.74, 6) is 0.368. The van der Waals surface area contributed by atoms with Crippen LogP contribution in [0.5, 0.6) is 0 Å². The van der Waals surface area contributed by atoms with E-state index in [0.717, 1.165) is 35.7 Å². The molecule has 1 aliphatic carbocycles. The molecule has 70 heavy (non-hydrogen) atoms. The van der Waals surface area contributed by atoms with Crippen LogP contribution >= 0.6 is 0 Å². The van der Waals surface area contributed by atoms with Crippen molar-refractivity contribution in [2.45, 2.75) is 30.3 Å². The summed E-state index contributed by atoms with van der Waals surface area (Å²) in [6.45, 7) is 1.03. The monoisotopic (exact) mass is 899 g/mol. The summed E-state index contributed by atoms with van der Waals surface area (Å²) < 4.78 is 2.37. The highest BCUT2D eigenvalue weighted by molar-refractivity contribution is 6.10. The molecule has 5 nitrogen and oxygen atoms in total. The van der Waals surface area contributed by atoms with Gasteiger partial charge in [-0.2, -0.15) is 5.26 Å². The second-order valence-corrected chi connectivity index (χ2v) is 18.8. The number of benzene rings is 9. The lowest BCUT2D eigenvalue weighted by Crippen LogP contribution is -2.28. The van der Waals surface area contributed by atoms with Crippen molar-refractivity contribution in [3.63, 3.8) is 0 Å². The molecule has 0 radical (unpaired) electrons. The number of nitrogens with one attached hydrogen (secondary N) is 1. The van der Waals surface area contributed by atoms with Gasteiger partial charge in [-0.05, 0) is 136 Å². The first-order valence-electron chi connectivity index (χ1n) is 24.4. The maximum Gasteiger partial charge on any atom is 0.0991 e. The quantitative estimate of drug-likeness (QED) is 0.131. The van der Waals surface area contributed by atoms with E-state index < -0.39 is 0 Å². The summed E-state index contributed by atoms with van der Waals surface area (Å²) in [6.07, 6.45) is 9.88. The lowest BCUT2D eigenvalue weighted by atomic mass is 9.83. The van der Waals surface area contributed by atoms with Crippen LogP contribution in [-0.2, 0) is 6.42 Å². The van der Waals surface area contributed by atoms with Crippen molar-refractivity contribution >= 4 is 50.2 Å². The molecule has 0 bridgehead atoms. The number of aromatic nitrogens is 1. The fourth-order valence-corrected chi connectivity index (χ4v) is 11.1. The average molecular weight is 900 g/mol. The van der Waals surface area contributed by atoms with Gasteiger partial charge in [-0.3, -0.25) is 0 Å². The zero-order chi connectivity index (χ0) is 46.5. The van der Waals surface area contributed by atoms with Gasteiger partial charge in [-0.15, -0.1) is 0 Å². The van der Waals surface area contributed by atoms with E-state index in [0.29, 0.717) is 11.6 Å². The fourth-order valence-electron chi connectivity index (χ4n) is 11.1. The number of nitrogens with zero attached hydrogens (tertiary/aromatic N) is 4. The molecule has 334 valence electrons. The Morgan fingerprint density at radius 1 is 0.557 bits per heavy atom. The predicted octanol–water partition coefficient (Wildman–Crippen LogP) is 15.5. The molecule has 0 amide bonds. The minimum Gasteiger partial charge on any atom is -0.333 e. The van der Waals surface area contributed by atoms with Gasteiger partial charge in [0.05, 0.1) is 28.7 Å². The third-order valence-corrected chi connectivity index (χ3v) is 14.7. The molecule has 3 heterocycles. The molecule has 1 N–H and O–H groups in total. The van der Waals surface area contributed by atoms with Crippen LogP contribution < -0.4 is 15.1 Å². The highest BCUT2D eigenvalue weighted by atomic mass is 15.2. The van der Waals surface area contributed by atoms with E-state index in [1.54, 1.807) is 0 Å². The molecule has 9 aromatic carbocycles. The molecule has 1 aromatic heterocycles. The van der Waals surface area contributed by atoms with E-state index in [1.165, 1.54) is 72.1 Å². The van der Waals surface area contributed by atoms with Crippen LogP contribution in [0.1, 0.15) is 51.3 Å². The van der Waals surface area contributed by atoms with Crippen molar-refractivity contribution in [3.05, 3.63) is 276 Å². The molecule has 4 atom stereocenters. The van der Waals surface area contributed by atoms with Crippen molar-refractivity contribution < 1.29 is 0 Å². The summed E-state index contributed by atoms with van der Waals surface area (Å²) in [7, 11) is 0. The fraction of sp³-hybridized carbons (Fsp3) is 0.0923. The molecule has 10 aromatic rings. The average Bonchev–Trinajstić information content (AvgIpc) is 4.16. The minimum absolute atomic E-state index is 0.102. The Balaban J connectivity index is 0.820. The molecule has 2 aliphatic heterocycles. The van der Waals surface area contributed by atoms with Crippen LogP contribution in [0.25, 0.3) is 38.6 Å². The third kappa shape index (κ3) is 7.47. The number of fused-ring (bicyclic) bond motifs is 6. The molecular weight excluding hydrogens is 851 g/mol. The maximum absolute atomic E-state index is 9.68. The standard InChI is InChI=1S/C65H49N5/c66-42-45-21-25-48(26-22-45)58(50-31-37-64-59(40-50)56-15-7-9-17-62(56)69(64)51-11-3-1-4-12-51)39-44-19-23-46(24-20-44)47-27-32-53(33-28-47)68(54-34-29-49(30-35-54)61-43-67-61)55-36-38-65-60(41-55)57-16-8-10-18-63(57)70(65)52-13-5-2-6-14-52/h1-38,40-41,56,58,61-62,67H,39,43H2. The minimum atomic E-state index is 0.102. The Hall–Kier alpha value is -8.69. The Labute approximate surface area is 409 Å². The van der Waals surface area contributed by atoms with Crippen molar-refractivity contribution in [2.24, 2.45) is 0 Å². The van der Waals surface area contributed by atoms with Crippen LogP contribution in [0.2, 0.25) is 0 Å². The highest BCUT2D eigenvalue weighted by Crippen LogP contribution is 2.49. The topological polar surface area (TPSA) is 57.1 Å². The number of hydrogen-bond acceptors (Lipinski definition) is 4. The van der Waals surface area contributed by atoms with E-state index in [1.807, 2.05) is 12.1 Å². The van der Waals surface area contributed by atoms with Crippen molar-refractivity contribution in [1.82, 2.24) is 9.88 Å². The summed E-state index contributed by atoms with van der Waals surface area (Å²) in [5.41, 5.74) is 18.8. The zero-order valence-electron chi connectivity index (χ0n) is 38.6. The summed E-state index contributed by atoms with van der Waals surface area (Å²) >= 11 is 0. The van der Waals surface area contributed by atoms with Crippen molar-refractivity contribution in [2.75, 3.05) is 16.3 Å². The largest absolute Gasteiger partial charge is 0.333 e. The first-order chi connectivity index (χ1) is 34.6. The molecule has 13 rings (SSSR count). The Morgan fingerprint density at radius 2 is 1.17 bits per heavy atom. The van der Waals surface area contributed by atoms with Crippen LogP contribution in [0.15, 0.2) is 243 Å². The van der Waals surface area contributed by atoms with Crippen LogP contribution in [0, 0.1) is 11.3 Å². The van der Waals surface area contributed by atoms with Crippen molar-refractivity contribution in [1.29, 1.82) is 5.26 Å². The van der Waals surface area contributed by atoms with Crippen LogP contribution in [-0.4, -0.2) is 17.2 Å². The lowest BCUT2D eigenvalue weighted by Gasteiger charge is -2.28. The van der Waals surface area contributed by atoms with Gasteiger partial charge in [-0.25, -0.2) is 0 Å². The van der Waals surface area contributed by atoms with E-state index in [2.05, 4.69) is 256 Å². The zero-order valence-corrected chi connectivity index (χ0v) is 38.6. The highest BCUT2D eigenvalue weighted by Gasteiger charge is 2.38. The molecule has 4 unspecified atom stereocenters. The van der Waals surface area contributed by atoms with Crippen LogP contribution in [0.4, 0.5) is 28.4 Å².